The number of aryl methyl sites for hydroxylation is 3. The van der Waals surface area contributed by atoms with Gasteiger partial charge >= 0.3 is 0 Å². The molecule has 4 aromatic rings. The van der Waals surface area contributed by atoms with Crippen molar-refractivity contribution in [1.29, 1.82) is 0 Å². The van der Waals surface area contributed by atoms with Crippen LogP contribution in [0.3, 0.4) is 0 Å². The Balaban J connectivity index is 1.72. The summed E-state index contributed by atoms with van der Waals surface area (Å²) in [6, 6.07) is 21.5. The molecular weight excluding hydrogens is 304 g/mol. The Morgan fingerprint density at radius 3 is 1.84 bits per heavy atom. The molecule has 0 fully saturated rings. The lowest BCUT2D eigenvalue weighted by Gasteiger charge is -2.10. The van der Waals surface area contributed by atoms with E-state index >= 15 is 0 Å². The fraction of sp³-hybridized carbons (Fsp3) is 0.167. The van der Waals surface area contributed by atoms with E-state index < -0.39 is 0 Å². The zero-order chi connectivity index (χ0) is 17.6. The lowest BCUT2D eigenvalue weighted by Crippen LogP contribution is -1.91. The molecule has 4 aromatic carbocycles. The standard InChI is InChI=1S/C24H22O/c1-15-4-7-20-13-18(5-9-22(20)16(15)2)12-19-6-10-23-17(3)24(25)11-8-21(23)14-19/h4-11,13-14,25H,12H2,1-3H3. The van der Waals surface area contributed by atoms with Crippen molar-refractivity contribution in [3.05, 3.63) is 88.5 Å². The Hall–Kier alpha value is -2.80. The highest BCUT2D eigenvalue weighted by atomic mass is 16.3. The molecule has 0 saturated heterocycles. The third-order valence-corrected chi connectivity index (χ3v) is 5.36. The molecule has 1 heteroatoms. The number of aromatic hydroxyl groups is 1. The first-order valence-corrected chi connectivity index (χ1v) is 8.73. The highest BCUT2D eigenvalue weighted by molar-refractivity contribution is 5.89. The van der Waals surface area contributed by atoms with Gasteiger partial charge in [0.15, 0.2) is 0 Å². The van der Waals surface area contributed by atoms with Crippen molar-refractivity contribution >= 4 is 21.5 Å². The maximum atomic E-state index is 9.86. The minimum Gasteiger partial charge on any atom is -0.508 e. The molecule has 0 atom stereocenters. The molecular formula is C24H22O. The molecule has 25 heavy (non-hydrogen) atoms. The third kappa shape index (κ3) is 2.76. The fourth-order valence-corrected chi connectivity index (χ4v) is 3.62. The minimum atomic E-state index is 0.362. The second-order valence-corrected chi connectivity index (χ2v) is 7.00. The van der Waals surface area contributed by atoms with Gasteiger partial charge in [0, 0.05) is 0 Å². The quantitative estimate of drug-likeness (QED) is 0.464. The van der Waals surface area contributed by atoms with E-state index in [1.807, 2.05) is 13.0 Å². The number of benzene rings is 4. The van der Waals surface area contributed by atoms with Gasteiger partial charge in [0.05, 0.1) is 0 Å². The van der Waals surface area contributed by atoms with Crippen molar-refractivity contribution in [1.82, 2.24) is 0 Å². The van der Waals surface area contributed by atoms with Gasteiger partial charge in [-0.05, 0) is 82.6 Å². The number of phenolic OH excluding ortho intramolecular Hbond substituents is 1. The smallest absolute Gasteiger partial charge is 0.119 e. The molecule has 0 saturated carbocycles. The fourth-order valence-electron chi connectivity index (χ4n) is 3.62. The largest absolute Gasteiger partial charge is 0.508 e. The van der Waals surface area contributed by atoms with E-state index in [9.17, 15) is 5.11 Å². The van der Waals surface area contributed by atoms with Crippen molar-refractivity contribution in [2.24, 2.45) is 0 Å². The van der Waals surface area contributed by atoms with E-state index in [2.05, 4.69) is 62.4 Å². The summed E-state index contributed by atoms with van der Waals surface area (Å²) in [6.07, 6.45) is 0.915. The van der Waals surface area contributed by atoms with Gasteiger partial charge in [-0.15, -0.1) is 0 Å². The van der Waals surface area contributed by atoms with E-state index in [0.717, 1.165) is 17.4 Å². The monoisotopic (exact) mass is 326 g/mol. The van der Waals surface area contributed by atoms with E-state index in [0.29, 0.717) is 5.75 Å². The molecule has 0 spiro atoms. The van der Waals surface area contributed by atoms with Crippen molar-refractivity contribution in [2.45, 2.75) is 27.2 Å². The van der Waals surface area contributed by atoms with Crippen molar-refractivity contribution in [3.63, 3.8) is 0 Å². The highest BCUT2D eigenvalue weighted by Gasteiger charge is 2.06. The Kier molecular flexibility index (Phi) is 3.73. The first kappa shape index (κ1) is 15.7. The van der Waals surface area contributed by atoms with Crippen LogP contribution in [0.25, 0.3) is 21.5 Å². The van der Waals surface area contributed by atoms with E-state index in [4.69, 9.17) is 0 Å². The zero-order valence-electron chi connectivity index (χ0n) is 14.9. The number of phenols is 1. The van der Waals surface area contributed by atoms with Crippen LogP contribution in [0, 0.1) is 20.8 Å². The van der Waals surface area contributed by atoms with Gasteiger partial charge in [-0.3, -0.25) is 0 Å². The average molecular weight is 326 g/mol. The number of rotatable bonds is 2. The Labute approximate surface area is 148 Å². The summed E-state index contributed by atoms with van der Waals surface area (Å²) in [5.74, 6) is 0.362. The summed E-state index contributed by atoms with van der Waals surface area (Å²) in [7, 11) is 0. The molecule has 0 aromatic heterocycles. The van der Waals surface area contributed by atoms with Crippen LogP contribution in [0.15, 0.2) is 60.7 Å². The molecule has 1 nitrogen and oxygen atoms in total. The van der Waals surface area contributed by atoms with Gasteiger partial charge in [0.25, 0.3) is 0 Å². The van der Waals surface area contributed by atoms with E-state index in [1.54, 1.807) is 6.07 Å². The maximum Gasteiger partial charge on any atom is 0.119 e. The number of hydrogen-bond donors (Lipinski definition) is 1. The number of fused-ring (bicyclic) bond motifs is 2. The van der Waals surface area contributed by atoms with Crippen LogP contribution in [-0.4, -0.2) is 5.11 Å². The van der Waals surface area contributed by atoms with Crippen LogP contribution in [-0.2, 0) is 6.42 Å². The predicted octanol–water partition coefficient (Wildman–Crippen LogP) is 6.21. The molecule has 0 aliphatic heterocycles. The zero-order valence-corrected chi connectivity index (χ0v) is 14.9. The van der Waals surface area contributed by atoms with Crippen LogP contribution in [0.2, 0.25) is 0 Å². The van der Waals surface area contributed by atoms with Crippen LogP contribution >= 0.6 is 0 Å². The molecule has 124 valence electrons. The van der Waals surface area contributed by atoms with Gasteiger partial charge in [0.1, 0.15) is 5.75 Å². The predicted molar refractivity (Wildman–Crippen MR) is 107 cm³/mol. The van der Waals surface area contributed by atoms with Gasteiger partial charge in [-0.25, -0.2) is 0 Å². The molecule has 4 rings (SSSR count). The molecule has 0 amide bonds. The second kappa shape index (κ2) is 5.93. The average Bonchev–Trinajstić information content (AvgIpc) is 2.62. The Morgan fingerprint density at radius 2 is 1.20 bits per heavy atom. The summed E-state index contributed by atoms with van der Waals surface area (Å²) in [5.41, 5.74) is 6.27. The SMILES string of the molecule is Cc1ccc2cc(Cc3ccc4c(C)c(O)ccc4c3)ccc2c1C. The topological polar surface area (TPSA) is 20.2 Å². The normalized spacial score (nSPS) is 11.3. The maximum absolute atomic E-state index is 9.86. The summed E-state index contributed by atoms with van der Waals surface area (Å²) < 4.78 is 0. The number of hydrogen-bond acceptors (Lipinski definition) is 1. The van der Waals surface area contributed by atoms with Gasteiger partial charge < -0.3 is 5.11 Å². The van der Waals surface area contributed by atoms with Crippen LogP contribution in [0.4, 0.5) is 0 Å². The van der Waals surface area contributed by atoms with Gasteiger partial charge in [-0.2, -0.15) is 0 Å². The highest BCUT2D eigenvalue weighted by Crippen LogP contribution is 2.28. The molecule has 0 aliphatic carbocycles. The van der Waals surface area contributed by atoms with Crippen LogP contribution in [0.5, 0.6) is 5.75 Å². The Bertz CT molecular complexity index is 1020. The molecule has 0 unspecified atom stereocenters. The molecule has 0 radical (unpaired) electrons. The molecule has 0 heterocycles. The van der Waals surface area contributed by atoms with Gasteiger partial charge in [-0.1, -0.05) is 54.6 Å². The summed E-state index contributed by atoms with van der Waals surface area (Å²) in [5, 5.41) is 14.8. The summed E-state index contributed by atoms with van der Waals surface area (Å²) >= 11 is 0. The third-order valence-electron chi connectivity index (χ3n) is 5.36. The molecule has 0 aliphatic rings. The molecule has 0 bridgehead atoms. The lowest BCUT2D eigenvalue weighted by atomic mass is 9.95. The van der Waals surface area contributed by atoms with E-state index in [1.165, 1.54) is 38.4 Å². The van der Waals surface area contributed by atoms with Crippen molar-refractivity contribution < 1.29 is 5.11 Å². The van der Waals surface area contributed by atoms with Crippen molar-refractivity contribution in [2.75, 3.05) is 0 Å². The van der Waals surface area contributed by atoms with Crippen LogP contribution < -0.4 is 0 Å². The lowest BCUT2D eigenvalue weighted by molar-refractivity contribution is 0.472. The van der Waals surface area contributed by atoms with Crippen molar-refractivity contribution in [3.8, 4) is 5.75 Å². The first-order valence-electron chi connectivity index (χ1n) is 8.73. The molecule has 1 N–H and O–H groups in total. The van der Waals surface area contributed by atoms with Crippen LogP contribution in [0.1, 0.15) is 27.8 Å². The minimum absolute atomic E-state index is 0.362. The van der Waals surface area contributed by atoms with E-state index in [-0.39, 0.29) is 0 Å². The second-order valence-electron chi connectivity index (χ2n) is 7.00. The first-order chi connectivity index (χ1) is 12.0. The Morgan fingerprint density at radius 1 is 0.640 bits per heavy atom. The summed E-state index contributed by atoms with van der Waals surface area (Å²) in [4.78, 5) is 0. The van der Waals surface area contributed by atoms with Gasteiger partial charge in [0.2, 0.25) is 0 Å². The summed E-state index contributed by atoms with van der Waals surface area (Å²) in [6.45, 7) is 6.32.